The standard InChI is InChI=1S/C38H46NSi2/c1-23-15-27(5)35(28(6)16-23)40(36-29(7)17-24(2)18-30(36)8)41(14-13-39,37-31(9)19-25(3)20-32(37)10)38-33(11)21-26(4)22-34(38)12/h15-22H,14H2,1-12H3. The lowest BCUT2D eigenvalue weighted by molar-refractivity contribution is 1.32. The van der Waals surface area contributed by atoms with Gasteiger partial charge in [-0.1, -0.05) is 126 Å². The van der Waals surface area contributed by atoms with E-state index in [1.807, 2.05) is 0 Å². The molecule has 211 valence electrons. The van der Waals surface area contributed by atoms with E-state index in [1.165, 1.54) is 87.5 Å². The van der Waals surface area contributed by atoms with Crippen molar-refractivity contribution >= 4 is 36.7 Å². The quantitative estimate of drug-likeness (QED) is 0.232. The van der Waals surface area contributed by atoms with Gasteiger partial charge in [0.1, 0.15) is 15.9 Å². The molecule has 0 aliphatic rings. The number of rotatable bonds is 6. The van der Waals surface area contributed by atoms with Crippen LogP contribution >= 0.6 is 0 Å². The van der Waals surface area contributed by atoms with E-state index in [1.54, 1.807) is 0 Å². The summed E-state index contributed by atoms with van der Waals surface area (Å²) < 4.78 is 0. The third kappa shape index (κ3) is 5.41. The van der Waals surface area contributed by atoms with Gasteiger partial charge >= 0.3 is 0 Å². The Morgan fingerprint density at radius 3 is 0.951 bits per heavy atom. The van der Waals surface area contributed by atoms with Gasteiger partial charge in [0.2, 0.25) is 0 Å². The molecule has 0 aliphatic carbocycles. The number of nitrogens with zero attached hydrogens (tertiary/aromatic N) is 1. The fraction of sp³-hybridized carbons (Fsp3) is 0.342. The molecule has 3 heteroatoms. The zero-order chi connectivity index (χ0) is 30.4. The van der Waals surface area contributed by atoms with Crippen molar-refractivity contribution in [2.75, 3.05) is 0 Å². The van der Waals surface area contributed by atoms with Gasteiger partial charge in [-0.05, 0) is 93.5 Å². The maximum atomic E-state index is 10.9. The van der Waals surface area contributed by atoms with E-state index in [2.05, 4.69) is 138 Å². The number of hydrogen-bond acceptors (Lipinski definition) is 1. The van der Waals surface area contributed by atoms with Gasteiger partial charge < -0.3 is 0 Å². The fourth-order valence-electron chi connectivity index (χ4n) is 8.17. The highest BCUT2D eigenvalue weighted by Crippen LogP contribution is 2.27. The highest BCUT2D eigenvalue weighted by Gasteiger charge is 2.52. The summed E-state index contributed by atoms with van der Waals surface area (Å²) in [6, 6.07) is 22.4. The summed E-state index contributed by atoms with van der Waals surface area (Å²) in [7, 11) is -4.32. The predicted octanol–water partition coefficient (Wildman–Crippen LogP) is 6.86. The van der Waals surface area contributed by atoms with Gasteiger partial charge in [0, 0.05) is 6.04 Å². The topological polar surface area (TPSA) is 23.8 Å². The second-order valence-corrected chi connectivity index (χ2v) is 21.7. The van der Waals surface area contributed by atoms with Gasteiger partial charge in [-0.3, -0.25) is 0 Å². The maximum absolute atomic E-state index is 10.9. The van der Waals surface area contributed by atoms with Gasteiger partial charge in [-0.15, -0.1) is 0 Å². The van der Waals surface area contributed by atoms with Crippen molar-refractivity contribution in [2.45, 2.75) is 89.1 Å². The largest absolute Gasteiger partial charge is 0.199 e. The summed E-state index contributed by atoms with van der Waals surface area (Å²) in [4.78, 5) is 0. The van der Waals surface area contributed by atoms with Crippen molar-refractivity contribution in [2.24, 2.45) is 0 Å². The van der Waals surface area contributed by atoms with E-state index in [4.69, 9.17) is 0 Å². The summed E-state index contributed by atoms with van der Waals surface area (Å²) in [5.74, 6) is 0. The molecule has 0 N–H and O–H groups in total. The molecule has 0 aromatic heterocycles. The molecular formula is C38H46NSi2. The van der Waals surface area contributed by atoms with E-state index in [-0.39, 0.29) is 0 Å². The number of hydrogen-bond donors (Lipinski definition) is 0. The summed E-state index contributed by atoms with van der Waals surface area (Å²) in [5.41, 5.74) is 16.1. The molecule has 0 heterocycles. The summed E-state index contributed by atoms with van der Waals surface area (Å²) in [5, 5.41) is 16.9. The van der Waals surface area contributed by atoms with Crippen LogP contribution < -0.4 is 20.7 Å². The Hall–Kier alpha value is -3.20. The van der Waals surface area contributed by atoms with Crippen LogP contribution in [0.1, 0.15) is 66.8 Å². The molecule has 41 heavy (non-hydrogen) atoms. The number of nitriles is 1. The molecule has 0 saturated carbocycles. The van der Waals surface area contributed by atoms with Crippen LogP contribution in [0, 0.1) is 94.4 Å². The highest BCUT2D eigenvalue weighted by molar-refractivity contribution is 7.52. The fourth-order valence-corrected chi connectivity index (χ4v) is 25.2. The van der Waals surface area contributed by atoms with E-state index in [0.717, 1.165) is 0 Å². The molecule has 0 amide bonds. The summed E-state index contributed by atoms with van der Waals surface area (Å²) in [6.07, 6.45) is 0. The Kier molecular flexibility index (Phi) is 8.69. The van der Waals surface area contributed by atoms with Crippen molar-refractivity contribution in [3.05, 3.63) is 115 Å². The molecular weight excluding hydrogens is 527 g/mol. The molecule has 4 aromatic rings. The minimum Gasteiger partial charge on any atom is -0.199 e. The molecule has 0 unspecified atom stereocenters. The summed E-state index contributed by atoms with van der Waals surface area (Å²) >= 11 is 0. The third-order valence-electron chi connectivity index (χ3n) is 8.83. The molecule has 1 nitrogen and oxygen atoms in total. The minimum absolute atomic E-state index is 0.566. The average Bonchev–Trinajstić information content (AvgIpc) is 2.80. The second kappa shape index (κ2) is 11.6. The normalized spacial score (nSPS) is 11.7. The van der Waals surface area contributed by atoms with Crippen molar-refractivity contribution in [3.63, 3.8) is 0 Å². The van der Waals surface area contributed by atoms with Crippen LogP contribution in [0.15, 0.2) is 48.5 Å². The molecule has 0 bridgehead atoms. The molecule has 0 spiro atoms. The van der Waals surface area contributed by atoms with Crippen LogP contribution in [0.4, 0.5) is 0 Å². The van der Waals surface area contributed by atoms with Crippen LogP contribution in [0.3, 0.4) is 0 Å². The lowest BCUT2D eigenvalue weighted by Crippen LogP contribution is -2.79. The highest BCUT2D eigenvalue weighted by atomic mass is 29.2. The zero-order valence-corrected chi connectivity index (χ0v) is 29.3. The van der Waals surface area contributed by atoms with Gasteiger partial charge in [0.05, 0.1) is 6.07 Å². The Labute approximate surface area is 251 Å². The van der Waals surface area contributed by atoms with Crippen molar-refractivity contribution in [1.82, 2.24) is 0 Å². The van der Waals surface area contributed by atoms with Crippen LogP contribution in [-0.4, -0.2) is 15.9 Å². The van der Waals surface area contributed by atoms with Crippen molar-refractivity contribution < 1.29 is 0 Å². The number of aryl methyl sites for hydroxylation is 12. The first-order chi connectivity index (χ1) is 19.2. The molecule has 0 fully saturated rings. The van der Waals surface area contributed by atoms with Gasteiger partial charge in [-0.2, -0.15) is 5.26 Å². The second-order valence-electron chi connectivity index (χ2n) is 12.7. The molecule has 4 aromatic carbocycles. The molecule has 0 saturated heterocycles. The average molecular weight is 573 g/mol. The molecule has 1 radical (unpaired) electrons. The van der Waals surface area contributed by atoms with Crippen LogP contribution in [-0.2, 0) is 0 Å². The Bertz CT molecular complexity index is 1500. The zero-order valence-electron chi connectivity index (χ0n) is 27.3. The molecule has 0 aliphatic heterocycles. The Balaban J connectivity index is 2.40. The lowest BCUT2D eigenvalue weighted by Gasteiger charge is -2.44. The maximum Gasteiger partial charge on any atom is 0.134 e. The Morgan fingerprint density at radius 1 is 0.463 bits per heavy atom. The van der Waals surface area contributed by atoms with E-state index >= 15 is 0 Å². The van der Waals surface area contributed by atoms with Crippen LogP contribution in [0.2, 0.25) is 6.04 Å². The lowest BCUT2D eigenvalue weighted by atomic mass is 10.1. The first-order valence-corrected chi connectivity index (χ1v) is 19.5. The van der Waals surface area contributed by atoms with E-state index in [9.17, 15) is 5.26 Å². The Morgan fingerprint density at radius 2 is 0.707 bits per heavy atom. The van der Waals surface area contributed by atoms with Gasteiger partial charge in [-0.25, -0.2) is 0 Å². The predicted molar refractivity (Wildman–Crippen MR) is 183 cm³/mol. The van der Waals surface area contributed by atoms with Gasteiger partial charge in [0.15, 0.2) is 0 Å². The SMILES string of the molecule is Cc1cc(C)c([Si](c2c(C)cc(C)cc2C)[Si](CC#N)(c2c(C)cc(C)cc2C)c2c(C)cc(C)cc2C)c(C)c1. The van der Waals surface area contributed by atoms with Crippen LogP contribution in [0.5, 0.6) is 0 Å². The van der Waals surface area contributed by atoms with E-state index < -0.39 is 15.9 Å². The van der Waals surface area contributed by atoms with Crippen LogP contribution in [0.25, 0.3) is 0 Å². The first kappa shape index (κ1) is 30.8. The summed E-state index contributed by atoms with van der Waals surface area (Å²) in [6.45, 7) is 27.3. The molecule has 0 atom stereocenters. The van der Waals surface area contributed by atoms with E-state index in [0.29, 0.717) is 6.04 Å². The van der Waals surface area contributed by atoms with Crippen molar-refractivity contribution in [3.8, 4) is 6.07 Å². The molecule has 4 rings (SSSR count). The monoisotopic (exact) mass is 572 g/mol. The first-order valence-electron chi connectivity index (χ1n) is 14.8. The number of benzene rings is 4. The minimum atomic E-state index is -2.80. The van der Waals surface area contributed by atoms with Crippen molar-refractivity contribution in [1.29, 1.82) is 5.26 Å². The third-order valence-corrected chi connectivity index (χ3v) is 22.3. The smallest absolute Gasteiger partial charge is 0.134 e. The van der Waals surface area contributed by atoms with Gasteiger partial charge in [0.25, 0.3) is 0 Å².